The zero-order valence-corrected chi connectivity index (χ0v) is 14.4. The van der Waals surface area contributed by atoms with E-state index in [4.69, 9.17) is 11.6 Å². The third-order valence-electron chi connectivity index (χ3n) is 3.64. The van der Waals surface area contributed by atoms with E-state index in [1.165, 1.54) is 10.4 Å². The van der Waals surface area contributed by atoms with Crippen LogP contribution in [0.25, 0.3) is 0 Å². The summed E-state index contributed by atoms with van der Waals surface area (Å²) in [6.07, 6.45) is 0. The first-order valence-electron chi connectivity index (χ1n) is 6.48. The minimum Gasteiger partial charge on any atom is -0.265 e. The van der Waals surface area contributed by atoms with Crippen LogP contribution >= 0.6 is 27.5 Å². The highest BCUT2D eigenvalue weighted by atomic mass is 79.9. The molecule has 1 aliphatic rings. The summed E-state index contributed by atoms with van der Waals surface area (Å²) in [5.41, 5.74) is 1.79. The van der Waals surface area contributed by atoms with Gasteiger partial charge in [0.25, 0.3) is 10.0 Å². The molecule has 0 radical (unpaired) electrons. The van der Waals surface area contributed by atoms with Crippen LogP contribution in [0.1, 0.15) is 18.4 Å². The van der Waals surface area contributed by atoms with Gasteiger partial charge in [-0.15, -0.1) is 0 Å². The molecule has 3 rings (SSSR count). The lowest BCUT2D eigenvalue weighted by molar-refractivity contribution is 0.590. The molecule has 6 heteroatoms. The number of benzene rings is 2. The highest BCUT2D eigenvalue weighted by Gasteiger charge is 2.35. The van der Waals surface area contributed by atoms with E-state index in [0.29, 0.717) is 6.54 Å². The van der Waals surface area contributed by atoms with Gasteiger partial charge in [0.1, 0.15) is 4.90 Å². The number of hydrogen-bond donors (Lipinski definition) is 0. The van der Waals surface area contributed by atoms with Crippen LogP contribution in [0.5, 0.6) is 0 Å². The molecule has 0 N–H and O–H groups in total. The van der Waals surface area contributed by atoms with Gasteiger partial charge in [-0.1, -0.05) is 52.7 Å². The largest absolute Gasteiger partial charge is 0.265 e. The molecule has 1 heterocycles. The van der Waals surface area contributed by atoms with Crippen LogP contribution in [0.3, 0.4) is 0 Å². The molecule has 0 aromatic heterocycles. The molecule has 0 saturated heterocycles. The molecule has 2 aromatic carbocycles. The van der Waals surface area contributed by atoms with Crippen molar-refractivity contribution in [3.63, 3.8) is 0 Å². The minimum absolute atomic E-state index is 0.135. The standard InChI is InChI=1S/C15H13BrClNO2S/c1-10-9-18(14-5-3-2-4-12(10)14)21(19,20)15-7-6-11(16)8-13(15)17/h2-8,10H,9H2,1H3. The monoisotopic (exact) mass is 385 g/mol. The van der Waals surface area contributed by atoms with Crippen molar-refractivity contribution >= 4 is 43.2 Å². The lowest BCUT2D eigenvalue weighted by Crippen LogP contribution is -2.29. The molecule has 0 saturated carbocycles. The smallest absolute Gasteiger partial charge is 0.265 e. The number of rotatable bonds is 2. The van der Waals surface area contributed by atoms with Gasteiger partial charge in [0.2, 0.25) is 0 Å². The molecule has 0 amide bonds. The van der Waals surface area contributed by atoms with E-state index in [9.17, 15) is 8.42 Å². The molecule has 2 aromatic rings. The first-order valence-corrected chi connectivity index (χ1v) is 9.09. The van der Waals surface area contributed by atoms with Crippen LogP contribution in [0.2, 0.25) is 5.02 Å². The van der Waals surface area contributed by atoms with Crippen molar-refractivity contribution in [1.82, 2.24) is 0 Å². The van der Waals surface area contributed by atoms with E-state index in [-0.39, 0.29) is 15.8 Å². The second-order valence-electron chi connectivity index (χ2n) is 5.07. The van der Waals surface area contributed by atoms with Gasteiger partial charge in [0, 0.05) is 16.9 Å². The average Bonchev–Trinajstić information content (AvgIpc) is 2.77. The van der Waals surface area contributed by atoms with Crippen LogP contribution in [-0.4, -0.2) is 15.0 Å². The Morgan fingerprint density at radius 3 is 2.67 bits per heavy atom. The van der Waals surface area contributed by atoms with Gasteiger partial charge in [-0.05, 0) is 29.8 Å². The molecule has 21 heavy (non-hydrogen) atoms. The topological polar surface area (TPSA) is 37.4 Å². The lowest BCUT2D eigenvalue weighted by atomic mass is 10.0. The molecular formula is C15H13BrClNO2S. The summed E-state index contributed by atoms with van der Waals surface area (Å²) in [6, 6.07) is 12.4. The Kier molecular flexibility index (Phi) is 3.76. The number of halogens is 2. The maximum absolute atomic E-state index is 12.9. The summed E-state index contributed by atoms with van der Waals surface area (Å²) >= 11 is 9.41. The molecular weight excluding hydrogens is 374 g/mol. The lowest BCUT2D eigenvalue weighted by Gasteiger charge is -2.20. The fraction of sp³-hybridized carbons (Fsp3) is 0.200. The second-order valence-corrected chi connectivity index (χ2v) is 8.22. The molecule has 0 fully saturated rings. The summed E-state index contributed by atoms with van der Waals surface area (Å²) < 4.78 is 28.0. The predicted octanol–water partition coefficient (Wildman–Crippen LogP) is 4.41. The predicted molar refractivity (Wildman–Crippen MR) is 88.5 cm³/mol. The van der Waals surface area contributed by atoms with Crippen LogP contribution in [0, 0.1) is 0 Å². The zero-order valence-electron chi connectivity index (χ0n) is 11.3. The summed E-state index contributed by atoms with van der Waals surface area (Å²) in [5.74, 6) is 0.171. The second kappa shape index (κ2) is 5.30. The molecule has 0 aliphatic carbocycles. The van der Waals surface area contributed by atoms with Crippen molar-refractivity contribution in [2.24, 2.45) is 0 Å². The van der Waals surface area contributed by atoms with Crippen LogP contribution in [-0.2, 0) is 10.0 Å². The fourth-order valence-electron chi connectivity index (χ4n) is 2.61. The Labute approximate surface area is 137 Å². The number of sulfonamides is 1. The van der Waals surface area contributed by atoms with Crippen molar-refractivity contribution in [2.45, 2.75) is 17.7 Å². The van der Waals surface area contributed by atoms with E-state index < -0.39 is 10.0 Å². The third-order valence-corrected chi connectivity index (χ3v) is 6.39. The number of fused-ring (bicyclic) bond motifs is 1. The Morgan fingerprint density at radius 1 is 1.24 bits per heavy atom. The number of para-hydroxylation sites is 1. The molecule has 1 aliphatic heterocycles. The summed E-state index contributed by atoms with van der Waals surface area (Å²) in [4.78, 5) is 0.135. The van der Waals surface area contributed by atoms with Gasteiger partial charge in [-0.2, -0.15) is 0 Å². The van der Waals surface area contributed by atoms with Crippen molar-refractivity contribution in [3.8, 4) is 0 Å². The Bertz CT molecular complexity index is 807. The summed E-state index contributed by atoms with van der Waals surface area (Å²) in [7, 11) is -3.65. The van der Waals surface area contributed by atoms with E-state index in [1.54, 1.807) is 12.1 Å². The molecule has 1 atom stereocenters. The maximum Gasteiger partial charge on any atom is 0.265 e. The quantitative estimate of drug-likeness (QED) is 0.766. The molecule has 1 unspecified atom stereocenters. The van der Waals surface area contributed by atoms with Gasteiger partial charge in [0.05, 0.1) is 10.7 Å². The average molecular weight is 387 g/mol. The van der Waals surface area contributed by atoms with Crippen molar-refractivity contribution in [2.75, 3.05) is 10.8 Å². The highest BCUT2D eigenvalue weighted by molar-refractivity contribution is 9.10. The van der Waals surface area contributed by atoms with Gasteiger partial charge >= 0.3 is 0 Å². The van der Waals surface area contributed by atoms with Gasteiger partial charge in [-0.3, -0.25) is 4.31 Å². The first-order chi connectivity index (χ1) is 9.91. The minimum atomic E-state index is -3.65. The van der Waals surface area contributed by atoms with Crippen molar-refractivity contribution in [1.29, 1.82) is 0 Å². The first kappa shape index (κ1) is 14.9. The number of hydrogen-bond acceptors (Lipinski definition) is 2. The van der Waals surface area contributed by atoms with E-state index >= 15 is 0 Å². The third kappa shape index (κ3) is 2.47. The molecule has 3 nitrogen and oxygen atoms in total. The number of nitrogens with zero attached hydrogens (tertiary/aromatic N) is 1. The van der Waals surface area contributed by atoms with Crippen LogP contribution < -0.4 is 4.31 Å². The fourth-order valence-corrected chi connectivity index (χ4v) is 5.20. The Balaban J connectivity index is 2.12. The van der Waals surface area contributed by atoms with Gasteiger partial charge in [0.15, 0.2) is 0 Å². The van der Waals surface area contributed by atoms with Gasteiger partial charge in [-0.25, -0.2) is 8.42 Å². The highest BCUT2D eigenvalue weighted by Crippen LogP contribution is 2.40. The van der Waals surface area contributed by atoms with Crippen LogP contribution in [0.15, 0.2) is 51.8 Å². The van der Waals surface area contributed by atoms with Crippen molar-refractivity contribution in [3.05, 3.63) is 57.5 Å². The normalized spacial score (nSPS) is 17.9. The molecule has 110 valence electrons. The number of anilines is 1. The van der Waals surface area contributed by atoms with E-state index in [1.807, 2.05) is 31.2 Å². The summed E-state index contributed by atoms with van der Waals surface area (Å²) in [6.45, 7) is 2.46. The molecule has 0 spiro atoms. The Hall–Kier alpha value is -1.04. The molecule has 0 bridgehead atoms. The van der Waals surface area contributed by atoms with E-state index in [2.05, 4.69) is 15.9 Å². The summed E-state index contributed by atoms with van der Waals surface area (Å²) in [5, 5.41) is 0.224. The van der Waals surface area contributed by atoms with Crippen molar-refractivity contribution < 1.29 is 8.42 Å². The maximum atomic E-state index is 12.9. The van der Waals surface area contributed by atoms with Gasteiger partial charge < -0.3 is 0 Å². The Morgan fingerprint density at radius 2 is 1.95 bits per heavy atom. The SMILES string of the molecule is CC1CN(S(=O)(=O)c2ccc(Br)cc2Cl)c2ccccc21. The van der Waals surface area contributed by atoms with Crippen LogP contribution in [0.4, 0.5) is 5.69 Å². The zero-order chi connectivity index (χ0) is 15.2. The van der Waals surface area contributed by atoms with E-state index in [0.717, 1.165) is 15.7 Å².